The van der Waals surface area contributed by atoms with Crippen LogP contribution in [0.5, 0.6) is 5.88 Å². The summed E-state index contributed by atoms with van der Waals surface area (Å²) < 4.78 is 79.0. The van der Waals surface area contributed by atoms with Crippen LogP contribution in [-0.4, -0.2) is 29.0 Å². The lowest BCUT2D eigenvalue weighted by molar-refractivity contribution is 0.0695. The molecule has 12 heteroatoms. The van der Waals surface area contributed by atoms with Gasteiger partial charge in [0.15, 0.2) is 11.5 Å². The molecule has 0 bridgehead atoms. The molecular weight excluding hydrogens is 597 g/mol. The van der Waals surface area contributed by atoms with E-state index in [-0.39, 0.29) is 34.6 Å². The number of benzene rings is 2. The average Bonchev–Trinajstić information content (AvgIpc) is 2.93. The fourth-order valence-electron chi connectivity index (χ4n) is 5.10. The minimum Gasteiger partial charge on any atom is -0.477 e. The number of pyridine rings is 2. The summed E-state index contributed by atoms with van der Waals surface area (Å²) in [6.45, 7) is 12.7. The van der Waals surface area contributed by atoms with Crippen LogP contribution in [0.15, 0.2) is 46.2 Å². The van der Waals surface area contributed by atoms with Gasteiger partial charge < -0.3 is 9.29 Å². The normalized spacial score (nSPS) is 12.1. The molecular formula is C32H33F3N2O6S. The molecule has 0 saturated carbocycles. The fraction of sp³-hybridized carbons (Fsp3) is 0.344. The lowest BCUT2D eigenvalue weighted by Gasteiger charge is -2.23. The van der Waals surface area contributed by atoms with Gasteiger partial charge in [-0.25, -0.2) is 18.0 Å². The van der Waals surface area contributed by atoms with E-state index in [2.05, 4.69) is 4.98 Å². The molecule has 8 nitrogen and oxygen atoms in total. The molecule has 0 radical (unpaired) electrons. The number of aromatic nitrogens is 2. The number of carbonyl (C=O) groups is 1. The van der Waals surface area contributed by atoms with Gasteiger partial charge >= 0.3 is 16.1 Å². The maximum atomic E-state index is 16.0. The van der Waals surface area contributed by atoms with Crippen molar-refractivity contribution in [2.75, 3.05) is 0 Å². The fourth-order valence-corrected chi connectivity index (χ4v) is 6.66. The van der Waals surface area contributed by atoms with E-state index in [1.807, 2.05) is 41.5 Å². The van der Waals surface area contributed by atoms with Crippen molar-refractivity contribution in [1.29, 1.82) is 0 Å². The van der Waals surface area contributed by atoms with E-state index < -0.39 is 67.1 Å². The Morgan fingerprint density at radius 1 is 0.977 bits per heavy atom. The van der Waals surface area contributed by atoms with Crippen molar-refractivity contribution in [3.63, 3.8) is 0 Å². The Balaban J connectivity index is 2.09. The number of hydrogen-bond donors (Lipinski definition) is 1. The second-order valence-corrected chi connectivity index (χ2v) is 12.9. The molecule has 4 aromatic rings. The summed E-state index contributed by atoms with van der Waals surface area (Å²) in [5, 5.41) is 9.18. The van der Waals surface area contributed by atoms with E-state index in [4.69, 9.17) is 4.18 Å². The van der Waals surface area contributed by atoms with Crippen LogP contribution in [0, 0.1) is 17.5 Å². The molecule has 0 atom stereocenters. The highest BCUT2D eigenvalue weighted by atomic mass is 32.2. The first-order valence-corrected chi connectivity index (χ1v) is 15.5. The van der Waals surface area contributed by atoms with E-state index >= 15 is 4.39 Å². The van der Waals surface area contributed by atoms with Gasteiger partial charge in [0.25, 0.3) is 5.88 Å². The van der Waals surface area contributed by atoms with Crippen LogP contribution in [0.2, 0.25) is 0 Å². The first kappa shape index (κ1) is 32.7. The van der Waals surface area contributed by atoms with Crippen molar-refractivity contribution in [3.05, 3.63) is 92.0 Å². The van der Waals surface area contributed by atoms with Crippen LogP contribution < -0.4 is 9.61 Å². The average molecular weight is 631 g/mol. The molecule has 2 aromatic carbocycles. The van der Waals surface area contributed by atoms with Gasteiger partial charge in [0.1, 0.15) is 22.1 Å². The van der Waals surface area contributed by atoms with Crippen LogP contribution in [0.4, 0.5) is 13.2 Å². The van der Waals surface area contributed by atoms with Crippen LogP contribution in [-0.2, 0) is 16.5 Å². The summed E-state index contributed by atoms with van der Waals surface area (Å²) in [6.07, 6.45) is 0.563. The van der Waals surface area contributed by atoms with Crippen LogP contribution in [0.3, 0.4) is 0 Å². The van der Waals surface area contributed by atoms with Crippen molar-refractivity contribution in [3.8, 4) is 11.6 Å². The molecule has 4 rings (SSSR count). The summed E-state index contributed by atoms with van der Waals surface area (Å²) in [7, 11) is -4.75. The number of nitrogens with zero attached hydrogens (tertiary/aromatic N) is 2. The van der Waals surface area contributed by atoms with Gasteiger partial charge in [0.05, 0.1) is 11.1 Å². The van der Waals surface area contributed by atoms with Gasteiger partial charge in [-0.2, -0.15) is 13.4 Å². The third-order valence-electron chi connectivity index (χ3n) is 7.41. The van der Waals surface area contributed by atoms with E-state index in [1.165, 1.54) is 6.92 Å². The van der Waals surface area contributed by atoms with Gasteiger partial charge in [-0.3, -0.25) is 9.36 Å². The molecule has 0 fully saturated rings. The molecule has 0 saturated heterocycles. The summed E-state index contributed by atoms with van der Waals surface area (Å²) in [6, 6.07) is 5.97. The highest BCUT2D eigenvalue weighted by Gasteiger charge is 2.32. The number of hydrogen-bond acceptors (Lipinski definition) is 6. The molecule has 0 amide bonds. The maximum absolute atomic E-state index is 16.0. The molecule has 2 aromatic heterocycles. The maximum Gasteiger partial charge on any atom is 0.341 e. The van der Waals surface area contributed by atoms with Gasteiger partial charge in [-0.15, -0.1) is 0 Å². The first-order valence-electron chi connectivity index (χ1n) is 14.1. The number of aryl methyl sites for hydroxylation is 1. The summed E-state index contributed by atoms with van der Waals surface area (Å²) >= 11 is 0. The third-order valence-corrected chi connectivity index (χ3v) is 8.76. The number of aromatic carboxylic acids is 1. The largest absolute Gasteiger partial charge is 0.477 e. The third kappa shape index (κ3) is 5.82. The molecule has 0 spiro atoms. The number of carboxylic acid groups (broad SMARTS) is 1. The van der Waals surface area contributed by atoms with Crippen LogP contribution in [0.25, 0.3) is 16.7 Å². The highest BCUT2D eigenvalue weighted by molar-refractivity contribution is 7.87. The van der Waals surface area contributed by atoms with E-state index in [1.54, 1.807) is 12.1 Å². The molecule has 234 valence electrons. The van der Waals surface area contributed by atoms with Crippen LogP contribution in [0.1, 0.15) is 98.8 Å². The molecule has 0 unspecified atom stereocenters. The Morgan fingerprint density at radius 2 is 1.57 bits per heavy atom. The molecule has 2 heterocycles. The van der Waals surface area contributed by atoms with Crippen molar-refractivity contribution >= 4 is 27.1 Å². The molecule has 1 N–H and O–H groups in total. The van der Waals surface area contributed by atoms with E-state index in [0.29, 0.717) is 17.2 Å². The molecule has 0 aliphatic heterocycles. The SMILES string of the molecule is CCc1c(F)c(OS(=O)(=O)c2c(C(C)C)cc(C(C)C)cc2C(C)C)nc2c1c(=O)c(C(=O)O)cn2-c1ccc(F)cc1F. The van der Waals surface area contributed by atoms with Crippen molar-refractivity contribution in [2.24, 2.45) is 0 Å². The monoisotopic (exact) mass is 630 g/mol. The zero-order valence-electron chi connectivity index (χ0n) is 25.3. The lowest BCUT2D eigenvalue weighted by atomic mass is 9.89. The minimum absolute atomic E-state index is 0.0914. The Hall–Kier alpha value is -4.19. The molecule has 0 aliphatic carbocycles. The Bertz CT molecular complexity index is 1940. The van der Waals surface area contributed by atoms with Crippen molar-refractivity contribution in [1.82, 2.24) is 9.55 Å². The topological polar surface area (TPSA) is 116 Å². The molecule has 44 heavy (non-hydrogen) atoms. The predicted molar refractivity (Wildman–Crippen MR) is 160 cm³/mol. The van der Waals surface area contributed by atoms with Gasteiger partial charge in [0, 0.05) is 17.8 Å². The smallest absolute Gasteiger partial charge is 0.341 e. The van der Waals surface area contributed by atoms with Crippen molar-refractivity contribution < 1.29 is 35.7 Å². The zero-order valence-corrected chi connectivity index (χ0v) is 26.1. The standard InChI is InChI=1S/C32H33F3N2O6S/c1-8-20-26-28(38)23(32(39)40)14-37(25-10-9-19(33)13-24(25)34)30(26)36-31(27(20)35)43-44(41,42)29-21(16(4)5)11-18(15(2)3)12-22(29)17(6)7/h9-17H,8H2,1-7H3,(H,39,40). The number of halogens is 3. The second-order valence-electron chi connectivity index (χ2n) is 11.4. The second kappa shape index (κ2) is 12.1. The summed E-state index contributed by atoms with van der Waals surface area (Å²) in [4.78, 5) is 29.1. The molecule has 0 aliphatic rings. The van der Waals surface area contributed by atoms with E-state index in [0.717, 1.165) is 28.5 Å². The number of rotatable bonds is 9. The Morgan fingerprint density at radius 3 is 2.05 bits per heavy atom. The van der Waals surface area contributed by atoms with Gasteiger partial charge in [-0.05, 0) is 53.0 Å². The summed E-state index contributed by atoms with van der Waals surface area (Å²) in [5.74, 6) is -6.47. The predicted octanol–water partition coefficient (Wildman–Crippen LogP) is 7.20. The first-order chi connectivity index (χ1) is 20.5. The van der Waals surface area contributed by atoms with Crippen LogP contribution >= 0.6 is 0 Å². The zero-order chi connectivity index (χ0) is 32.8. The van der Waals surface area contributed by atoms with Crippen molar-refractivity contribution in [2.45, 2.75) is 77.5 Å². The quantitative estimate of drug-likeness (QED) is 0.195. The lowest BCUT2D eigenvalue weighted by Crippen LogP contribution is -2.23. The number of fused-ring (bicyclic) bond motifs is 1. The highest BCUT2D eigenvalue weighted by Crippen LogP contribution is 2.37. The Kier molecular flexibility index (Phi) is 8.97. The van der Waals surface area contributed by atoms with Gasteiger partial charge in [0.2, 0.25) is 5.43 Å². The Labute approximate surface area is 253 Å². The summed E-state index contributed by atoms with van der Waals surface area (Å²) in [5.41, 5.74) is -1.36. The number of carboxylic acids is 1. The minimum atomic E-state index is -4.75. The van der Waals surface area contributed by atoms with Gasteiger partial charge in [-0.1, -0.05) is 60.6 Å². The van der Waals surface area contributed by atoms with E-state index in [9.17, 15) is 31.9 Å².